The van der Waals surface area contributed by atoms with Gasteiger partial charge in [-0.2, -0.15) is 0 Å². The molecule has 0 aliphatic carbocycles. The summed E-state index contributed by atoms with van der Waals surface area (Å²) < 4.78 is 0. The SMILES string of the molecule is NC(=O)c1ccccc1NC(C(=O)O)=C(C(=O)O)C(=O)O. The molecule has 0 aliphatic rings. The molecule has 0 atom stereocenters. The number of para-hydroxylation sites is 1. The maximum Gasteiger partial charge on any atom is 0.353 e. The molecule has 0 saturated carbocycles. The Balaban J connectivity index is 3.44. The average Bonchev–Trinajstić information content (AvgIpc) is 2.37. The molecule has 1 aromatic carbocycles. The maximum absolute atomic E-state index is 11.2. The molecule has 0 spiro atoms. The number of rotatable bonds is 6. The van der Waals surface area contributed by atoms with E-state index in [4.69, 9.17) is 21.1 Å². The van der Waals surface area contributed by atoms with Crippen LogP contribution in [0.2, 0.25) is 0 Å². The van der Waals surface area contributed by atoms with E-state index >= 15 is 0 Å². The van der Waals surface area contributed by atoms with E-state index in [2.05, 4.69) is 5.32 Å². The van der Waals surface area contributed by atoms with E-state index in [1.165, 1.54) is 24.3 Å². The van der Waals surface area contributed by atoms with Crippen LogP contribution in [0.4, 0.5) is 5.69 Å². The van der Waals surface area contributed by atoms with Crippen LogP contribution in [-0.4, -0.2) is 39.1 Å². The van der Waals surface area contributed by atoms with Crippen LogP contribution in [0.3, 0.4) is 0 Å². The summed E-state index contributed by atoms with van der Waals surface area (Å²) in [6, 6.07) is 5.40. The number of hydrogen-bond donors (Lipinski definition) is 5. The Kier molecular flexibility index (Phi) is 4.63. The van der Waals surface area contributed by atoms with Crippen molar-refractivity contribution in [2.75, 3.05) is 5.32 Å². The van der Waals surface area contributed by atoms with Crippen LogP contribution < -0.4 is 11.1 Å². The van der Waals surface area contributed by atoms with Crippen molar-refractivity contribution in [3.63, 3.8) is 0 Å². The third kappa shape index (κ3) is 3.56. The lowest BCUT2D eigenvalue weighted by atomic mass is 10.1. The zero-order valence-corrected chi connectivity index (χ0v) is 10.4. The summed E-state index contributed by atoms with van der Waals surface area (Å²) in [5.41, 5.74) is 2.38. The number of nitrogens with two attached hydrogens (primary N) is 1. The fraction of sp³-hybridized carbons (Fsp3) is 0. The van der Waals surface area contributed by atoms with Crippen molar-refractivity contribution in [2.45, 2.75) is 0 Å². The predicted molar refractivity (Wildman–Crippen MR) is 68.5 cm³/mol. The molecule has 0 saturated heterocycles. The number of anilines is 1. The van der Waals surface area contributed by atoms with Gasteiger partial charge in [-0.1, -0.05) is 12.1 Å². The molecule has 0 aromatic heterocycles. The van der Waals surface area contributed by atoms with Crippen molar-refractivity contribution in [3.8, 4) is 0 Å². The molecule has 0 fully saturated rings. The number of hydrogen-bond acceptors (Lipinski definition) is 5. The van der Waals surface area contributed by atoms with Gasteiger partial charge in [0.1, 0.15) is 5.70 Å². The molecule has 0 heterocycles. The van der Waals surface area contributed by atoms with E-state index in [9.17, 15) is 19.2 Å². The van der Waals surface area contributed by atoms with Gasteiger partial charge in [-0.3, -0.25) is 4.79 Å². The second-order valence-corrected chi connectivity index (χ2v) is 3.70. The maximum atomic E-state index is 11.2. The minimum absolute atomic E-state index is 0.119. The standard InChI is InChI=1S/C12H10N2O7/c13-9(15)5-3-1-2-4-6(5)14-8(12(20)21)7(10(16)17)11(18)19/h1-4,14H,(H2,13,15)(H,16,17)(H,18,19)(H,20,21). The first kappa shape index (κ1) is 15.7. The van der Waals surface area contributed by atoms with Crippen LogP contribution in [0.1, 0.15) is 10.4 Å². The van der Waals surface area contributed by atoms with Gasteiger partial charge in [0.15, 0.2) is 5.57 Å². The minimum atomic E-state index is -1.94. The van der Waals surface area contributed by atoms with Crippen LogP contribution in [0.25, 0.3) is 0 Å². The van der Waals surface area contributed by atoms with Gasteiger partial charge in [0.05, 0.1) is 11.3 Å². The second kappa shape index (κ2) is 6.19. The molecule has 1 rings (SSSR count). The Morgan fingerprint density at radius 2 is 1.43 bits per heavy atom. The van der Waals surface area contributed by atoms with Gasteiger partial charge in [-0.25, -0.2) is 14.4 Å². The number of benzene rings is 1. The van der Waals surface area contributed by atoms with Gasteiger partial charge in [-0.15, -0.1) is 0 Å². The summed E-state index contributed by atoms with van der Waals surface area (Å²) >= 11 is 0. The van der Waals surface area contributed by atoms with Gasteiger partial charge in [-0.05, 0) is 12.1 Å². The smallest absolute Gasteiger partial charge is 0.353 e. The Hall–Kier alpha value is -3.36. The summed E-state index contributed by atoms with van der Waals surface area (Å²) in [6.07, 6.45) is 0. The zero-order chi connectivity index (χ0) is 16.2. The second-order valence-electron chi connectivity index (χ2n) is 3.70. The van der Waals surface area contributed by atoms with Crippen molar-refractivity contribution < 1.29 is 34.5 Å². The lowest BCUT2D eigenvalue weighted by Crippen LogP contribution is -2.24. The van der Waals surface area contributed by atoms with E-state index < -0.39 is 35.1 Å². The molecular weight excluding hydrogens is 284 g/mol. The molecule has 110 valence electrons. The predicted octanol–water partition coefficient (Wildman–Crippen LogP) is -0.295. The van der Waals surface area contributed by atoms with Crippen LogP contribution in [0, 0.1) is 0 Å². The molecule has 9 nitrogen and oxygen atoms in total. The molecular formula is C12H10N2O7. The van der Waals surface area contributed by atoms with E-state index in [-0.39, 0.29) is 11.3 Å². The first-order valence-electron chi connectivity index (χ1n) is 5.35. The summed E-state index contributed by atoms with van der Waals surface area (Å²) in [6.45, 7) is 0. The summed E-state index contributed by atoms with van der Waals surface area (Å²) in [5.74, 6) is -6.59. The van der Waals surface area contributed by atoms with E-state index in [1.54, 1.807) is 0 Å². The number of amides is 1. The Bertz CT molecular complexity index is 647. The van der Waals surface area contributed by atoms with Crippen LogP contribution in [0.15, 0.2) is 35.5 Å². The third-order valence-electron chi connectivity index (χ3n) is 2.34. The molecule has 6 N–H and O–H groups in total. The fourth-order valence-electron chi connectivity index (χ4n) is 1.47. The number of aliphatic carboxylic acids is 3. The van der Waals surface area contributed by atoms with Crippen molar-refractivity contribution >= 4 is 29.5 Å². The molecule has 0 aliphatic heterocycles. The summed E-state index contributed by atoms with van der Waals surface area (Å²) in [5, 5.41) is 28.6. The number of carboxylic acids is 3. The van der Waals surface area contributed by atoms with E-state index in [0.717, 1.165) is 0 Å². The first-order chi connectivity index (χ1) is 9.75. The number of carboxylic acid groups (broad SMARTS) is 3. The van der Waals surface area contributed by atoms with Crippen molar-refractivity contribution in [2.24, 2.45) is 5.73 Å². The highest BCUT2D eigenvalue weighted by Crippen LogP contribution is 2.18. The average molecular weight is 294 g/mol. The third-order valence-corrected chi connectivity index (χ3v) is 2.34. The highest BCUT2D eigenvalue weighted by atomic mass is 16.4. The Labute approximate surface area is 117 Å². The molecule has 1 amide bonds. The summed E-state index contributed by atoms with van der Waals surface area (Å²) in [4.78, 5) is 44.0. The molecule has 0 bridgehead atoms. The zero-order valence-electron chi connectivity index (χ0n) is 10.4. The van der Waals surface area contributed by atoms with Gasteiger partial charge >= 0.3 is 17.9 Å². The van der Waals surface area contributed by atoms with E-state index in [0.29, 0.717) is 0 Å². The first-order valence-corrected chi connectivity index (χ1v) is 5.35. The lowest BCUT2D eigenvalue weighted by molar-refractivity contribution is -0.142. The molecule has 1 aromatic rings. The number of nitrogens with one attached hydrogen (secondary N) is 1. The van der Waals surface area contributed by atoms with Crippen molar-refractivity contribution in [1.82, 2.24) is 0 Å². The minimum Gasteiger partial charge on any atom is -0.477 e. The number of primary amides is 1. The monoisotopic (exact) mass is 294 g/mol. The van der Waals surface area contributed by atoms with Gasteiger partial charge in [0, 0.05) is 0 Å². The molecule has 0 radical (unpaired) electrons. The molecule has 0 unspecified atom stereocenters. The van der Waals surface area contributed by atoms with E-state index in [1.807, 2.05) is 0 Å². The molecule has 9 heteroatoms. The van der Waals surface area contributed by atoms with Crippen LogP contribution in [-0.2, 0) is 14.4 Å². The van der Waals surface area contributed by atoms with Crippen molar-refractivity contribution in [3.05, 3.63) is 41.1 Å². The fourth-order valence-corrected chi connectivity index (χ4v) is 1.47. The van der Waals surface area contributed by atoms with Crippen LogP contribution in [0.5, 0.6) is 0 Å². The summed E-state index contributed by atoms with van der Waals surface area (Å²) in [7, 11) is 0. The Morgan fingerprint density at radius 3 is 1.86 bits per heavy atom. The van der Waals surface area contributed by atoms with Gasteiger partial charge in [0.2, 0.25) is 0 Å². The van der Waals surface area contributed by atoms with Crippen molar-refractivity contribution in [1.29, 1.82) is 0 Å². The number of carbonyl (C=O) groups excluding carboxylic acids is 1. The highest BCUT2D eigenvalue weighted by molar-refractivity contribution is 6.18. The quantitative estimate of drug-likeness (QED) is 0.271. The van der Waals surface area contributed by atoms with Gasteiger partial charge < -0.3 is 26.4 Å². The lowest BCUT2D eigenvalue weighted by Gasteiger charge is -2.11. The topological polar surface area (TPSA) is 167 Å². The Morgan fingerprint density at radius 1 is 0.905 bits per heavy atom. The van der Waals surface area contributed by atoms with Crippen LogP contribution >= 0.6 is 0 Å². The largest absolute Gasteiger partial charge is 0.477 e. The highest BCUT2D eigenvalue weighted by Gasteiger charge is 2.27. The van der Waals surface area contributed by atoms with Gasteiger partial charge in [0.25, 0.3) is 5.91 Å². The number of carbonyl (C=O) groups is 4. The molecule has 21 heavy (non-hydrogen) atoms. The normalized spacial score (nSPS) is 9.52.